The second kappa shape index (κ2) is 5.07. The van der Waals surface area contributed by atoms with Crippen molar-refractivity contribution < 1.29 is 4.74 Å². The van der Waals surface area contributed by atoms with Crippen LogP contribution in [-0.4, -0.2) is 13.2 Å². The summed E-state index contributed by atoms with van der Waals surface area (Å²) in [7, 11) is 2.06. The molecule has 0 radical (unpaired) electrons. The van der Waals surface area contributed by atoms with Gasteiger partial charge in [-0.3, -0.25) is 0 Å². The van der Waals surface area contributed by atoms with E-state index in [1.165, 1.54) is 5.56 Å². The maximum atomic E-state index is 5.83. The molecule has 1 saturated carbocycles. The smallest absolute Gasteiger partial charge is 0.120 e. The first-order chi connectivity index (χ1) is 9.21. The van der Waals surface area contributed by atoms with Crippen LogP contribution in [0.1, 0.15) is 53.1 Å². The molecule has 0 heterocycles. The fourth-order valence-corrected chi connectivity index (χ4v) is 3.66. The van der Waals surface area contributed by atoms with Gasteiger partial charge in [-0.25, -0.2) is 0 Å². The summed E-state index contributed by atoms with van der Waals surface area (Å²) in [5, 5.41) is 3.52. The molecule has 2 nitrogen and oxygen atoms in total. The van der Waals surface area contributed by atoms with E-state index in [0.717, 1.165) is 5.75 Å². The first-order valence-electron chi connectivity index (χ1n) is 7.65. The average Bonchev–Trinajstić information content (AvgIpc) is 2.73. The summed E-state index contributed by atoms with van der Waals surface area (Å²) in [6, 6.07) is 8.92. The Morgan fingerprint density at radius 3 is 2.15 bits per heavy atom. The van der Waals surface area contributed by atoms with Gasteiger partial charge in [0, 0.05) is 6.04 Å². The molecule has 0 saturated heterocycles. The van der Waals surface area contributed by atoms with Crippen molar-refractivity contribution >= 4 is 0 Å². The summed E-state index contributed by atoms with van der Waals surface area (Å²) in [4.78, 5) is 0. The van der Waals surface area contributed by atoms with Crippen LogP contribution in [0.3, 0.4) is 0 Å². The molecule has 0 aliphatic heterocycles. The van der Waals surface area contributed by atoms with Crippen molar-refractivity contribution in [2.75, 3.05) is 7.05 Å². The number of hydrogen-bond acceptors (Lipinski definition) is 2. The van der Waals surface area contributed by atoms with Crippen LogP contribution in [0, 0.1) is 16.7 Å². The van der Waals surface area contributed by atoms with E-state index in [2.05, 4.69) is 72.1 Å². The first kappa shape index (κ1) is 15.4. The lowest BCUT2D eigenvalue weighted by atomic mass is 9.96. The maximum absolute atomic E-state index is 5.83. The van der Waals surface area contributed by atoms with Crippen LogP contribution in [0.5, 0.6) is 5.75 Å². The minimum atomic E-state index is 0.215. The van der Waals surface area contributed by atoms with Crippen molar-refractivity contribution in [2.24, 2.45) is 16.7 Å². The predicted octanol–water partition coefficient (Wildman–Crippen LogP) is 4.42. The van der Waals surface area contributed by atoms with Crippen LogP contribution in [0.15, 0.2) is 24.3 Å². The second-order valence-electron chi connectivity index (χ2n) is 7.43. The minimum Gasteiger partial charge on any atom is -0.491 e. The Balaban J connectivity index is 2.25. The fourth-order valence-electron chi connectivity index (χ4n) is 3.66. The summed E-state index contributed by atoms with van der Waals surface area (Å²) in [5.41, 5.74) is 2.07. The molecule has 0 amide bonds. The van der Waals surface area contributed by atoms with Crippen molar-refractivity contribution in [3.63, 3.8) is 0 Å². The van der Waals surface area contributed by atoms with Gasteiger partial charge in [0.2, 0.25) is 0 Å². The Kier molecular flexibility index (Phi) is 3.90. The summed E-state index contributed by atoms with van der Waals surface area (Å²) in [5.74, 6) is 1.61. The Morgan fingerprint density at radius 2 is 1.70 bits per heavy atom. The highest BCUT2D eigenvalue weighted by Gasteiger charge is 2.67. The van der Waals surface area contributed by atoms with Crippen LogP contribution in [-0.2, 0) is 0 Å². The van der Waals surface area contributed by atoms with Gasteiger partial charge in [-0.05, 0) is 55.3 Å². The lowest BCUT2D eigenvalue weighted by Gasteiger charge is -2.20. The fraction of sp³-hybridized carbons (Fsp3) is 0.667. The third-order valence-corrected chi connectivity index (χ3v) is 5.37. The van der Waals surface area contributed by atoms with Crippen molar-refractivity contribution in [1.82, 2.24) is 5.32 Å². The third-order valence-electron chi connectivity index (χ3n) is 5.37. The summed E-state index contributed by atoms with van der Waals surface area (Å²) >= 11 is 0. The lowest BCUT2D eigenvalue weighted by molar-refractivity contribution is 0.242. The predicted molar refractivity (Wildman–Crippen MR) is 85.1 cm³/mol. The van der Waals surface area contributed by atoms with Gasteiger partial charge in [-0.15, -0.1) is 0 Å². The largest absolute Gasteiger partial charge is 0.491 e. The van der Waals surface area contributed by atoms with Crippen LogP contribution < -0.4 is 10.1 Å². The molecular weight excluding hydrogens is 246 g/mol. The van der Waals surface area contributed by atoms with Crippen molar-refractivity contribution in [2.45, 2.75) is 53.7 Å². The van der Waals surface area contributed by atoms with E-state index in [-0.39, 0.29) is 6.10 Å². The molecule has 1 aromatic carbocycles. The average molecular weight is 275 g/mol. The van der Waals surface area contributed by atoms with Crippen molar-refractivity contribution in [1.29, 1.82) is 0 Å². The van der Waals surface area contributed by atoms with E-state index in [9.17, 15) is 0 Å². The normalized spacial score (nSPS) is 21.8. The highest BCUT2D eigenvalue weighted by atomic mass is 16.5. The zero-order chi connectivity index (χ0) is 15.1. The molecule has 0 bridgehead atoms. The molecule has 2 heteroatoms. The molecule has 1 unspecified atom stereocenters. The number of rotatable bonds is 5. The monoisotopic (exact) mass is 275 g/mol. The van der Waals surface area contributed by atoms with Gasteiger partial charge in [-0.2, -0.15) is 0 Å². The van der Waals surface area contributed by atoms with E-state index in [0.29, 0.717) is 22.8 Å². The van der Waals surface area contributed by atoms with Gasteiger partial charge in [0.15, 0.2) is 0 Å². The highest BCUT2D eigenvalue weighted by Crippen LogP contribution is 2.72. The van der Waals surface area contributed by atoms with E-state index in [4.69, 9.17) is 4.74 Å². The molecule has 1 fully saturated rings. The molecule has 1 atom stereocenters. The molecule has 0 aromatic heterocycles. The molecule has 1 N–H and O–H groups in total. The molecule has 0 spiro atoms. The van der Waals surface area contributed by atoms with Gasteiger partial charge in [0.25, 0.3) is 0 Å². The van der Waals surface area contributed by atoms with Gasteiger partial charge >= 0.3 is 0 Å². The molecule has 2 rings (SSSR count). The van der Waals surface area contributed by atoms with Crippen LogP contribution in [0.4, 0.5) is 0 Å². The zero-order valence-corrected chi connectivity index (χ0v) is 13.9. The zero-order valence-electron chi connectivity index (χ0n) is 13.9. The molecule has 1 aromatic rings. The Bertz CT molecular complexity index is 462. The first-order valence-corrected chi connectivity index (χ1v) is 7.65. The molecular formula is C18H29NO. The summed E-state index contributed by atoms with van der Waals surface area (Å²) in [6.07, 6.45) is 0.215. The molecule has 20 heavy (non-hydrogen) atoms. The van der Waals surface area contributed by atoms with Gasteiger partial charge in [0.05, 0.1) is 6.10 Å². The topological polar surface area (TPSA) is 21.3 Å². The number of benzene rings is 1. The van der Waals surface area contributed by atoms with Gasteiger partial charge < -0.3 is 10.1 Å². The van der Waals surface area contributed by atoms with Crippen LogP contribution >= 0.6 is 0 Å². The van der Waals surface area contributed by atoms with Gasteiger partial charge in [-0.1, -0.05) is 39.8 Å². The molecule has 112 valence electrons. The van der Waals surface area contributed by atoms with E-state index in [1.807, 2.05) is 6.07 Å². The third kappa shape index (κ3) is 2.46. The quantitative estimate of drug-likeness (QED) is 0.859. The summed E-state index contributed by atoms with van der Waals surface area (Å²) < 4.78 is 5.83. The Hall–Kier alpha value is -1.02. The number of ether oxygens (including phenoxy) is 1. The van der Waals surface area contributed by atoms with Crippen LogP contribution in [0.2, 0.25) is 0 Å². The highest BCUT2D eigenvalue weighted by molar-refractivity contribution is 5.34. The van der Waals surface area contributed by atoms with E-state index < -0.39 is 0 Å². The SMILES string of the molecule is CNC(c1cccc(OC(C)C)c1)C1C(C)(C)C1(C)C. The maximum Gasteiger partial charge on any atom is 0.120 e. The molecule has 1 aliphatic rings. The summed E-state index contributed by atoms with van der Waals surface area (Å²) in [6.45, 7) is 13.6. The Morgan fingerprint density at radius 1 is 1.10 bits per heavy atom. The number of nitrogens with one attached hydrogen (secondary N) is 1. The lowest BCUT2D eigenvalue weighted by Crippen LogP contribution is -2.21. The standard InChI is InChI=1S/C18H29NO/c1-12(2)20-14-10-8-9-13(11-14)15(19-7)16-17(3,4)18(16,5)6/h8-12,15-16,19H,1-7H3. The number of hydrogen-bond donors (Lipinski definition) is 1. The van der Waals surface area contributed by atoms with E-state index >= 15 is 0 Å². The van der Waals surface area contributed by atoms with Crippen molar-refractivity contribution in [3.05, 3.63) is 29.8 Å². The van der Waals surface area contributed by atoms with Crippen molar-refractivity contribution in [3.8, 4) is 5.75 Å². The minimum absolute atomic E-state index is 0.215. The van der Waals surface area contributed by atoms with E-state index in [1.54, 1.807) is 0 Å². The second-order valence-corrected chi connectivity index (χ2v) is 7.43. The van der Waals surface area contributed by atoms with Gasteiger partial charge in [0.1, 0.15) is 5.75 Å². The molecule has 1 aliphatic carbocycles. The van der Waals surface area contributed by atoms with Crippen LogP contribution in [0.25, 0.3) is 0 Å². The Labute approximate surface area is 123 Å².